The van der Waals surface area contributed by atoms with Crippen molar-refractivity contribution in [1.82, 2.24) is 0 Å². The summed E-state index contributed by atoms with van der Waals surface area (Å²) in [4.78, 5) is 17.8. The second kappa shape index (κ2) is 20.5. The summed E-state index contributed by atoms with van der Waals surface area (Å²) >= 11 is 0. The monoisotopic (exact) mass is 426 g/mol. The van der Waals surface area contributed by atoms with Crippen molar-refractivity contribution in [3.8, 4) is 0 Å². The van der Waals surface area contributed by atoms with Gasteiger partial charge in [-0.1, -0.05) is 0 Å². The Morgan fingerprint density at radius 1 is 0.682 bits per heavy atom. The Morgan fingerprint density at radius 3 is 0.727 bits per heavy atom. The molecule has 0 aromatic rings. The zero-order valence-corrected chi connectivity index (χ0v) is 12.6. The smallest absolute Gasteiger partial charge is 0.475 e. The van der Waals surface area contributed by atoms with Crippen LogP contribution in [-0.4, -0.2) is 34.5 Å². The molecule has 0 bridgehead atoms. The molecule has 0 heterocycles. The van der Waals surface area contributed by atoms with Gasteiger partial charge in [0.15, 0.2) is 0 Å². The molecule has 0 atom stereocenters. The molecule has 0 fully saturated rings. The van der Waals surface area contributed by atoms with Crippen LogP contribution in [0.15, 0.2) is 0 Å². The topological polar surface area (TPSA) is 74.6 Å². The molecule has 0 saturated heterocycles. The van der Waals surface area contributed by atoms with Crippen LogP contribution in [0.5, 0.6) is 0 Å². The fourth-order valence-electron chi connectivity index (χ4n) is 0. The van der Waals surface area contributed by atoms with Crippen LogP contribution in [-0.2, 0) is 42.6 Å². The molecule has 138 valence electrons. The Labute approximate surface area is 144 Å². The van der Waals surface area contributed by atoms with Gasteiger partial charge in [0.25, 0.3) is 0 Å². The second-order valence-corrected chi connectivity index (χ2v) is 2.18. The summed E-state index contributed by atoms with van der Waals surface area (Å²) in [6.07, 6.45) is -7.17. The van der Waals surface area contributed by atoms with Crippen molar-refractivity contribution in [1.29, 1.82) is 0 Å². The number of carbonyl (C=O) groups is 2. The van der Waals surface area contributed by atoms with Crippen LogP contribution in [0.25, 0.3) is 0 Å². The van der Waals surface area contributed by atoms with Crippen molar-refractivity contribution < 1.29 is 79.1 Å². The number of alkyl halides is 6. The van der Waals surface area contributed by atoms with Crippen molar-refractivity contribution >= 4 is 11.9 Å². The van der Waals surface area contributed by atoms with Crippen LogP contribution in [0, 0.1) is 40.5 Å². The summed E-state index contributed by atoms with van der Waals surface area (Å²) in [6.45, 7) is 13.0. The van der Waals surface area contributed by atoms with Gasteiger partial charge in [0, 0.05) is 33.0 Å². The first-order chi connectivity index (χ1) is 8.72. The van der Waals surface area contributed by atoms with Gasteiger partial charge in [-0.05, 0) is 40.5 Å². The van der Waals surface area contributed by atoms with Crippen LogP contribution in [0.2, 0.25) is 0 Å². The molecule has 2 N–H and O–H groups in total. The fraction of sp³-hybridized carbons (Fsp3) is 0.200. The molecule has 22 heavy (non-hydrogen) atoms. The summed E-state index contributed by atoms with van der Waals surface area (Å²) in [5.41, 5.74) is 0. The maximum Gasteiger partial charge on any atom is 0.490 e. The number of hydrogen-bond donors (Lipinski definition) is 2. The predicted octanol–water partition coefficient (Wildman–Crippen LogP) is 2.98. The van der Waals surface area contributed by atoms with Gasteiger partial charge in [-0.15, -0.1) is 0 Å². The third-order valence-corrected chi connectivity index (χ3v) is 0.485. The molecular weight excluding hydrogens is 415 g/mol. The van der Waals surface area contributed by atoms with E-state index < -0.39 is 24.3 Å². The van der Waals surface area contributed by atoms with E-state index in [1.807, 2.05) is 0 Å². The van der Waals surface area contributed by atoms with Crippen molar-refractivity contribution in [3.05, 3.63) is 40.5 Å². The van der Waals surface area contributed by atoms with Gasteiger partial charge in [-0.2, -0.15) is 26.3 Å². The first kappa shape index (κ1) is 37.6. The summed E-state index contributed by atoms with van der Waals surface area (Å²) in [6, 6.07) is 0. The van der Waals surface area contributed by atoms with E-state index in [1.54, 1.807) is 0 Å². The van der Waals surface area contributed by atoms with E-state index in [-0.39, 0.29) is 33.0 Å². The SMILES string of the molecule is O=C(O)C(F)(F)F.O=C(O)C(F)(F)F.[CH2][CH][CH2].[CH2][CH][CH2].[Ni].[Ni]. The first-order valence-electron chi connectivity index (χ1n) is 4.12. The van der Waals surface area contributed by atoms with Crippen LogP contribution < -0.4 is 0 Å². The minimum atomic E-state index is -5.08. The molecule has 0 saturated carbocycles. The molecule has 0 amide bonds. The number of halogens is 6. The van der Waals surface area contributed by atoms with E-state index in [9.17, 15) is 26.3 Å². The number of hydrogen-bond acceptors (Lipinski definition) is 2. The standard InChI is InChI=1S/2C3H5.2C2HF3O2.2Ni/c2*1-3-2;2*3-2(4,5)1(6)7;;/h2*3H,1-2H2;2*(H,6,7);;. The summed E-state index contributed by atoms with van der Waals surface area (Å²) < 4.78 is 63.5. The van der Waals surface area contributed by atoms with Gasteiger partial charge < -0.3 is 10.2 Å². The molecule has 0 unspecified atom stereocenters. The van der Waals surface area contributed by atoms with E-state index >= 15 is 0 Å². The molecule has 0 rings (SSSR count). The molecule has 0 aromatic carbocycles. The van der Waals surface area contributed by atoms with Gasteiger partial charge in [0.2, 0.25) is 0 Å². The Balaban J connectivity index is -0.0000000404. The Morgan fingerprint density at radius 2 is 0.727 bits per heavy atom. The second-order valence-electron chi connectivity index (χ2n) is 2.18. The number of rotatable bonds is 0. The summed E-state index contributed by atoms with van der Waals surface area (Å²) in [5.74, 6) is -5.51. The van der Waals surface area contributed by atoms with Gasteiger partial charge >= 0.3 is 24.3 Å². The van der Waals surface area contributed by atoms with Crippen LogP contribution in [0.3, 0.4) is 0 Å². The Kier molecular flexibility index (Phi) is 35.1. The van der Waals surface area contributed by atoms with Crippen LogP contribution >= 0.6 is 0 Å². The molecule has 4 nitrogen and oxygen atoms in total. The van der Waals surface area contributed by atoms with Crippen molar-refractivity contribution in [2.24, 2.45) is 0 Å². The van der Waals surface area contributed by atoms with Gasteiger partial charge in [0.1, 0.15) is 0 Å². The molecule has 6 radical (unpaired) electrons. The average molecular weight is 428 g/mol. The molecule has 0 aliphatic heterocycles. The maximum atomic E-state index is 10.6. The Bertz CT molecular complexity index is 231. The first-order valence-corrected chi connectivity index (χ1v) is 4.12. The summed E-state index contributed by atoms with van der Waals surface area (Å²) in [5, 5.41) is 14.2. The molecule has 0 aliphatic rings. The molecule has 0 aromatic heterocycles. The number of carboxylic acids is 2. The summed E-state index contributed by atoms with van der Waals surface area (Å²) in [7, 11) is 0. The third kappa shape index (κ3) is 50.5. The minimum Gasteiger partial charge on any atom is -0.475 e. The van der Waals surface area contributed by atoms with Gasteiger partial charge in [0.05, 0.1) is 0 Å². The van der Waals surface area contributed by atoms with Gasteiger partial charge in [-0.25, -0.2) is 9.59 Å². The van der Waals surface area contributed by atoms with Crippen molar-refractivity contribution in [2.75, 3.05) is 0 Å². The van der Waals surface area contributed by atoms with Crippen LogP contribution in [0.1, 0.15) is 0 Å². The molecule has 0 aliphatic carbocycles. The Hall–Kier alpha value is -0.493. The zero-order valence-electron chi connectivity index (χ0n) is 10.6. The fourth-order valence-corrected chi connectivity index (χ4v) is 0. The third-order valence-electron chi connectivity index (χ3n) is 0.485. The van der Waals surface area contributed by atoms with E-state index in [1.165, 1.54) is 12.8 Å². The maximum absolute atomic E-state index is 10.6. The van der Waals surface area contributed by atoms with E-state index in [0.717, 1.165) is 0 Å². The van der Waals surface area contributed by atoms with E-state index in [2.05, 4.69) is 27.7 Å². The number of carboxylic acid groups (broad SMARTS) is 2. The largest absolute Gasteiger partial charge is 0.490 e. The average Bonchev–Trinajstić information content (AvgIpc) is 2.17. The van der Waals surface area contributed by atoms with E-state index in [0.29, 0.717) is 0 Å². The quantitative estimate of drug-likeness (QED) is 0.460. The molecule has 0 spiro atoms. The minimum absolute atomic E-state index is 0. The normalized spacial score (nSPS) is 8.82. The zero-order chi connectivity index (χ0) is 17.6. The van der Waals surface area contributed by atoms with Crippen molar-refractivity contribution in [2.45, 2.75) is 12.4 Å². The van der Waals surface area contributed by atoms with Gasteiger partial charge in [-0.3, -0.25) is 0 Å². The molecular formula is C10H12F6Ni2O4. The van der Waals surface area contributed by atoms with Crippen molar-refractivity contribution in [3.63, 3.8) is 0 Å². The van der Waals surface area contributed by atoms with E-state index in [4.69, 9.17) is 19.8 Å². The number of aliphatic carboxylic acids is 2. The molecule has 12 heteroatoms. The predicted molar refractivity (Wildman–Crippen MR) is 57.4 cm³/mol. The van der Waals surface area contributed by atoms with Crippen LogP contribution in [0.4, 0.5) is 26.3 Å².